The van der Waals surface area contributed by atoms with Crippen molar-refractivity contribution in [3.63, 3.8) is 0 Å². The Morgan fingerprint density at radius 2 is 1.29 bits per heavy atom. The van der Waals surface area contributed by atoms with Crippen LogP contribution in [-0.2, 0) is 19.1 Å². The molecule has 0 spiro atoms. The molecule has 0 radical (unpaired) electrons. The molecule has 4 nitrogen and oxygen atoms in total. The summed E-state index contributed by atoms with van der Waals surface area (Å²) in [6.07, 6.45) is 15.7. The van der Waals surface area contributed by atoms with Gasteiger partial charge in [-0.15, -0.1) is 0 Å². The molecule has 0 bridgehead atoms. The second-order valence-electron chi connectivity index (χ2n) is 7.00. The molecule has 2 rings (SSSR count). The Bertz CT molecular complexity index is 354. The standard InChI is InChI=1S/2C10H18O2/c1-2-3-4-6-9-7-5-8-10(11)12-9;1-2-3-4-5-6-9-7-8-10(11)12-9/h2*9H,2-8H2,1H3. The van der Waals surface area contributed by atoms with E-state index in [-0.39, 0.29) is 24.1 Å². The largest absolute Gasteiger partial charge is 0.462 e. The second kappa shape index (κ2) is 13.3. The Morgan fingerprint density at radius 3 is 1.88 bits per heavy atom. The van der Waals surface area contributed by atoms with Gasteiger partial charge in [0, 0.05) is 12.8 Å². The Hall–Kier alpha value is -1.06. The Morgan fingerprint density at radius 1 is 0.750 bits per heavy atom. The predicted molar refractivity (Wildman–Crippen MR) is 95.7 cm³/mol. The number of hydrogen-bond acceptors (Lipinski definition) is 4. The first-order valence-electron chi connectivity index (χ1n) is 10.0. The van der Waals surface area contributed by atoms with Crippen LogP contribution < -0.4 is 0 Å². The summed E-state index contributed by atoms with van der Waals surface area (Å²) in [6, 6.07) is 0. The van der Waals surface area contributed by atoms with Gasteiger partial charge >= 0.3 is 11.9 Å². The lowest BCUT2D eigenvalue weighted by molar-refractivity contribution is -0.154. The third-order valence-corrected chi connectivity index (χ3v) is 4.68. The third-order valence-electron chi connectivity index (χ3n) is 4.68. The van der Waals surface area contributed by atoms with Crippen molar-refractivity contribution in [2.75, 3.05) is 0 Å². The van der Waals surface area contributed by atoms with Crippen LogP contribution in [0.3, 0.4) is 0 Å². The monoisotopic (exact) mass is 340 g/mol. The van der Waals surface area contributed by atoms with E-state index in [9.17, 15) is 9.59 Å². The lowest BCUT2D eigenvalue weighted by Crippen LogP contribution is -2.23. The minimum absolute atomic E-state index is 0.00254. The molecule has 2 aliphatic heterocycles. The maximum atomic E-state index is 10.9. The molecule has 0 aromatic heterocycles. The molecule has 2 heterocycles. The zero-order chi connectivity index (χ0) is 17.6. The lowest BCUT2D eigenvalue weighted by atomic mass is 10.0. The second-order valence-corrected chi connectivity index (χ2v) is 7.00. The van der Waals surface area contributed by atoms with Crippen LogP contribution >= 0.6 is 0 Å². The molecule has 2 aliphatic rings. The highest BCUT2D eigenvalue weighted by Gasteiger charge is 2.22. The molecule has 4 heteroatoms. The normalized spacial score (nSPS) is 23.2. The highest BCUT2D eigenvalue weighted by atomic mass is 16.6. The van der Waals surface area contributed by atoms with Crippen molar-refractivity contribution in [2.24, 2.45) is 0 Å². The highest BCUT2D eigenvalue weighted by molar-refractivity contribution is 5.71. The smallest absolute Gasteiger partial charge is 0.306 e. The summed E-state index contributed by atoms with van der Waals surface area (Å²) in [7, 11) is 0. The van der Waals surface area contributed by atoms with Crippen molar-refractivity contribution in [3.8, 4) is 0 Å². The van der Waals surface area contributed by atoms with Gasteiger partial charge in [0.25, 0.3) is 0 Å². The fourth-order valence-electron chi connectivity index (χ4n) is 3.19. The van der Waals surface area contributed by atoms with Crippen LogP contribution in [0, 0.1) is 0 Å². The highest BCUT2D eigenvalue weighted by Crippen LogP contribution is 2.20. The van der Waals surface area contributed by atoms with Gasteiger partial charge in [0.1, 0.15) is 12.2 Å². The van der Waals surface area contributed by atoms with E-state index in [0.29, 0.717) is 12.8 Å². The first-order chi connectivity index (χ1) is 11.7. The van der Waals surface area contributed by atoms with Crippen molar-refractivity contribution in [3.05, 3.63) is 0 Å². The molecule has 24 heavy (non-hydrogen) atoms. The average Bonchev–Trinajstić information content (AvgIpc) is 2.98. The molecule has 0 N–H and O–H groups in total. The van der Waals surface area contributed by atoms with Crippen LogP contribution in [0.5, 0.6) is 0 Å². The lowest BCUT2D eigenvalue weighted by Gasteiger charge is -2.21. The third kappa shape index (κ3) is 9.94. The fourth-order valence-corrected chi connectivity index (χ4v) is 3.19. The maximum absolute atomic E-state index is 10.9. The summed E-state index contributed by atoms with van der Waals surface area (Å²) in [5, 5.41) is 0. The molecule has 0 amide bonds. The zero-order valence-electron chi connectivity index (χ0n) is 15.7. The van der Waals surface area contributed by atoms with Crippen molar-refractivity contribution in [1.82, 2.24) is 0 Å². The number of carbonyl (C=O) groups excluding carboxylic acids is 2. The van der Waals surface area contributed by atoms with Gasteiger partial charge in [-0.2, -0.15) is 0 Å². The van der Waals surface area contributed by atoms with Crippen LogP contribution in [0.1, 0.15) is 104 Å². The molecule has 2 unspecified atom stereocenters. The number of ether oxygens (including phenoxy) is 2. The van der Waals surface area contributed by atoms with Crippen LogP contribution in [0.25, 0.3) is 0 Å². The summed E-state index contributed by atoms with van der Waals surface area (Å²) in [4.78, 5) is 21.6. The SMILES string of the molecule is CCCCCC1CCCC(=O)O1.CCCCCCC1CCC(=O)O1. The van der Waals surface area contributed by atoms with Gasteiger partial charge in [-0.1, -0.05) is 46.0 Å². The summed E-state index contributed by atoms with van der Waals surface area (Å²) in [6.45, 7) is 4.39. The topological polar surface area (TPSA) is 52.6 Å². The average molecular weight is 341 g/mol. The molecule has 2 fully saturated rings. The van der Waals surface area contributed by atoms with E-state index < -0.39 is 0 Å². The van der Waals surface area contributed by atoms with Gasteiger partial charge in [-0.3, -0.25) is 9.59 Å². The molecule has 2 saturated heterocycles. The van der Waals surface area contributed by atoms with Gasteiger partial charge in [-0.25, -0.2) is 0 Å². The van der Waals surface area contributed by atoms with E-state index in [0.717, 1.165) is 32.1 Å². The van der Waals surface area contributed by atoms with Gasteiger partial charge in [0.2, 0.25) is 0 Å². The molecule has 0 saturated carbocycles. The molecule has 0 aromatic carbocycles. The minimum atomic E-state index is -0.00417. The van der Waals surface area contributed by atoms with Crippen molar-refractivity contribution in [2.45, 2.75) is 116 Å². The quantitative estimate of drug-likeness (QED) is 0.421. The Kier molecular flexibility index (Phi) is 11.6. The van der Waals surface area contributed by atoms with E-state index >= 15 is 0 Å². The number of hydrogen-bond donors (Lipinski definition) is 0. The Balaban J connectivity index is 0.000000240. The van der Waals surface area contributed by atoms with Gasteiger partial charge in [0.05, 0.1) is 0 Å². The van der Waals surface area contributed by atoms with E-state index in [2.05, 4.69) is 13.8 Å². The van der Waals surface area contributed by atoms with Crippen molar-refractivity contribution < 1.29 is 19.1 Å². The van der Waals surface area contributed by atoms with Crippen LogP contribution in [0.4, 0.5) is 0 Å². The summed E-state index contributed by atoms with van der Waals surface area (Å²) in [5.41, 5.74) is 0. The van der Waals surface area contributed by atoms with E-state index in [1.54, 1.807) is 0 Å². The van der Waals surface area contributed by atoms with Crippen molar-refractivity contribution in [1.29, 1.82) is 0 Å². The molecule has 0 aromatic rings. The number of unbranched alkanes of at least 4 members (excludes halogenated alkanes) is 5. The molecule has 2 atom stereocenters. The van der Waals surface area contributed by atoms with Crippen LogP contribution in [0.2, 0.25) is 0 Å². The summed E-state index contributed by atoms with van der Waals surface area (Å²) >= 11 is 0. The molecule has 0 aliphatic carbocycles. The fraction of sp³-hybridized carbons (Fsp3) is 0.900. The van der Waals surface area contributed by atoms with E-state index in [1.807, 2.05) is 0 Å². The van der Waals surface area contributed by atoms with Gasteiger partial charge in [-0.05, 0) is 44.9 Å². The first kappa shape index (κ1) is 21.0. The first-order valence-corrected chi connectivity index (χ1v) is 10.0. The zero-order valence-corrected chi connectivity index (χ0v) is 15.7. The van der Waals surface area contributed by atoms with Gasteiger partial charge < -0.3 is 9.47 Å². The van der Waals surface area contributed by atoms with E-state index in [4.69, 9.17) is 9.47 Å². The minimum Gasteiger partial charge on any atom is -0.462 e. The predicted octanol–water partition coefficient (Wildman–Crippen LogP) is 5.32. The summed E-state index contributed by atoms with van der Waals surface area (Å²) < 4.78 is 10.3. The van der Waals surface area contributed by atoms with Crippen molar-refractivity contribution >= 4 is 11.9 Å². The number of rotatable bonds is 9. The number of cyclic esters (lactones) is 2. The van der Waals surface area contributed by atoms with Crippen LogP contribution in [-0.4, -0.2) is 24.1 Å². The molecular formula is C20H36O4. The van der Waals surface area contributed by atoms with Crippen LogP contribution in [0.15, 0.2) is 0 Å². The number of esters is 2. The van der Waals surface area contributed by atoms with E-state index in [1.165, 1.54) is 44.9 Å². The number of carbonyl (C=O) groups is 2. The summed E-state index contributed by atoms with van der Waals surface area (Å²) in [5.74, 6) is -0.00163. The maximum Gasteiger partial charge on any atom is 0.306 e. The Labute approximate surface area is 147 Å². The van der Waals surface area contributed by atoms with Gasteiger partial charge in [0.15, 0.2) is 0 Å². The molecular weight excluding hydrogens is 304 g/mol. The molecule has 140 valence electrons.